The van der Waals surface area contributed by atoms with Crippen molar-refractivity contribution in [3.63, 3.8) is 0 Å². The van der Waals surface area contributed by atoms with Gasteiger partial charge in [-0.2, -0.15) is 0 Å². The van der Waals surface area contributed by atoms with Gasteiger partial charge in [0.15, 0.2) is 5.76 Å². The molecule has 2 amide bonds. The number of hydrogen-bond donors (Lipinski definition) is 3. The van der Waals surface area contributed by atoms with Gasteiger partial charge in [0.1, 0.15) is 23.4 Å². The summed E-state index contributed by atoms with van der Waals surface area (Å²) in [6, 6.07) is 2.71. The second-order valence-corrected chi connectivity index (χ2v) is 7.08. The first kappa shape index (κ1) is 19.1. The molecule has 0 aromatic heterocycles. The van der Waals surface area contributed by atoms with Gasteiger partial charge in [0.05, 0.1) is 11.6 Å². The van der Waals surface area contributed by atoms with Gasteiger partial charge in [-0.1, -0.05) is 18.2 Å². The highest BCUT2D eigenvalue weighted by Gasteiger charge is 2.43. The number of nitrogens with one attached hydrogen (secondary N) is 1. The lowest BCUT2D eigenvalue weighted by Crippen LogP contribution is -2.54. The second kappa shape index (κ2) is 7.32. The van der Waals surface area contributed by atoms with Crippen LogP contribution in [0.15, 0.2) is 53.6 Å². The highest BCUT2D eigenvalue weighted by molar-refractivity contribution is 5.99. The summed E-state index contributed by atoms with van der Waals surface area (Å²) in [7, 11) is 0. The fourth-order valence-electron chi connectivity index (χ4n) is 3.68. The lowest BCUT2D eigenvalue weighted by Gasteiger charge is -2.42. The van der Waals surface area contributed by atoms with E-state index in [0.717, 1.165) is 6.07 Å². The summed E-state index contributed by atoms with van der Waals surface area (Å²) in [6.07, 6.45) is 4.14. The number of rotatable bonds is 3. The summed E-state index contributed by atoms with van der Waals surface area (Å²) in [5.74, 6) is -3.28. The molecule has 3 aliphatic rings. The van der Waals surface area contributed by atoms with Crippen molar-refractivity contribution in [2.75, 3.05) is 13.1 Å². The molecule has 0 aliphatic carbocycles. The molecule has 152 valence electrons. The number of benzene rings is 1. The number of fused-ring (bicyclic) bond motifs is 4. The lowest BCUT2D eigenvalue weighted by molar-refractivity contribution is -0.132. The highest BCUT2D eigenvalue weighted by Crippen LogP contribution is 2.32. The van der Waals surface area contributed by atoms with Gasteiger partial charge in [0, 0.05) is 37.5 Å². The summed E-state index contributed by atoms with van der Waals surface area (Å²) in [4.78, 5) is 28.3. The van der Waals surface area contributed by atoms with Crippen molar-refractivity contribution in [3.8, 4) is 0 Å². The van der Waals surface area contributed by atoms with E-state index in [1.165, 1.54) is 17.2 Å². The van der Waals surface area contributed by atoms with Crippen LogP contribution in [0.5, 0.6) is 0 Å². The van der Waals surface area contributed by atoms with Gasteiger partial charge in [-0.25, -0.2) is 8.78 Å². The van der Waals surface area contributed by atoms with E-state index in [0.29, 0.717) is 25.6 Å². The fraction of sp³-hybridized carbons (Fsp3) is 0.300. The molecule has 1 aromatic carbocycles. The molecule has 4 rings (SSSR count). The van der Waals surface area contributed by atoms with E-state index in [9.17, 15) is 28.6 Å². The van der Waals surface area contributed by atoms with Gasteiger partial charge in [-0.15, -0.1) is 0 Å². The lowest BCUT2D eigenvalue weighted by atomic mass is 9.98. The summed E-state index contributed by atoms with van der Waals surface area (Å²) < 4.78 is 26.8. The SMILES string of the molecule is O=C(NCc1ccc(F)cc1F)C1=CN2C(=C(O)C1O)C(=O)N1CCC=C[C@H]2C1. The Kier molecular flexibility index (Phi) is 4.83. The van der Waals surface area contributed by atoms with Crippen molar-refractivity contribution < 1.29 is 28.6 Å². The van der Waals surface area contributed by atoms with E-state index in [1.54, 1.807) is 4.90 Å². The van der Waals surface area contributed by atoms with Gasteiger partial charge < -0.3 is 25.3 Å². The van der Waals surface area contributed by atoms with Crippen LogP contribution in [0.4, 0.5) is 8.78 Å². The molecule has 2 bridgehead atoms. The third-order valence-electron chi connectivity index (χ3n) is 5.23. The van der Waals surface area contributed by atoms with Crippen molar-refractivity contribution >= 4 is 11.8 Å². The third-order valence-corrected chi connectivity index (χ3v) is 5.23. The van der Waals surface area contributed by atoms with Crippen molar-refractivity contribution in [1.29, 1.82) is 0 Å². The minimum atomic E-state index is -1.69. The topological polar surface area (TPSA) is 93.1 Å². The molecule has 1 unspecified atom stereocenters. The summed E-state index contributed by atoms with van der Waals surface area (Å²) >= 11 is 0. The Morgan fingerprint density at radius 3 is 2.86 bits per heavy atom. The van der Waals surface area contributed by atoms with Crippen LogP contribution in [0.3, 0.4) is 0 Å². The number of aliphatic hydroxyl groups excluding tert-OH is 2. The van der Waals surface area contributed by atoms with Crippen LogP contribution in [0.2, 0.25) is 0 Å². The first-order chi connectivity index (χ1) is 13.9. The number of halogens is 2. The number of amides is 2. The predicted octanol–water partition coefficient (Wildman–Crippen LogP) is 1.08. The van der Waals surface area contributed by atoms with Gasteiger partial charge in [-0.05, 0) is 12.5 Å². The molecule has 29 heavy (non-hydrogen) atoms. The number of hydrogen-bond acceptors (Lipinski definition) is 5. The summed E-state index contributed by atoms with van der Waals surface area (Å²) in [5.41, 5.74) is -0.157. The van der Waals surface area contributed by atoms with E-state index in [1.807, 2.05) is 12.2 Å². The van der Waals surface area contributed by atoms with Crippen LogP contribution >= 0.6 is 0 Å². The Hall–Kier alpha value is -3.20. The quantitative estimate of drug-likeness (QED) is 0.657. The Balaban J connectivity index is 1.58. The maximum atomic E-state index is 13.8. The number of nitrogens with zero attached hydrogens (tertiary/aromatic N) is 2. The molecule has 3 aliphatic heterocycles. The molecule has 9 heteroatoms. The van der Waals surface area contributed by atoms with Crippen LogP contribution in [0, 0.1) is 11.6 Å². The van der Waals surface area contributed by atoms with E-state index in [-0.39, 0.29) is 29.4 Å². The third kappa shape index (κ3) is 3.38. The monoisotopic (exact) mass is 403 g/mol. The molecule has 2 atom stereocenters. The smallest absolute Gasteiger partial charge is 0.274 e. The highest BCUT2D eigenvalue weighted by atomic mass is 19.1. The molecule has 1 saturated heterocycles. The summed E-state index contributed by atoms with van der Waals surface area (Å²) in [5, 5.41) is 23.3. The first-order valence-corrected chi connectivity index (χ1v) is 9.16. The number of aliphatic hydroxyl groups is 2. The molecule has 0 radical (unpaired) electrons. The van der Waals surface area contributed by atoms with Crippen molar-refractivity contribution in [3.05, 3.63) is 70.8 Å². The Morgan fingerprint density at radius 2 is 2.10 bits per heavy atom. The van der Waals surface area contributed by atoms with Gasteiger partial charge in [0.25, 0.3) is 11.8 Å². The zero-order valence-corrected chi connectivity index (χ0v) is 15.3. The van der Waals surface area contributed by atoms with Crippen LogP contribution in [-0.4, -0.2) is 57.1 Å². The molecule has 1 aromatic rings. The number of carbonyl (C=O) groups is 2. The minimum absolute atomic E-state index is 0.0542. The zero-order chi connectivity index (χ0) is 20.7. The van der Waals surface area contributed by atoms with Crippen molar-refractivity contribution in [2.24, 2.45) is 0 Å². The van der Waals surface area contributed by atoms with E-state index in [2.05, 4.69) is 5.32 Å². The predicted molar refractivity (Wildman–Crippen MR) is 97.9 cm³/mol. The average Bonchev–Trinajstić information content (AvgIpc) is 2.91. The zero-order valence-electron chi connectivity index (χ0n) is 15.3. The summed E-state index contributed by atoms with van der Waals surface area (Å²) in [6.45, 7) is 0.670. The van der Waals surface area contributed by atoms with E-state index < -0.39 is 35.3 Å². The minimum Gasteiger partial charge on any atom is -0.507 e. The largest absolute Gasteiger partial charge is 0.507 e. The molecule has 3 N–H and O–H groups in total. The standard InChI is InChI=1S/C20H19F2N3O4/c21-12-5-4-11(15(22)7-12)8-23-19(28)14-10-25-13-3-1-2-6-24(9-13)20(29)16(25)18(27)17(14)26/h1,3-5,7,10,13,17,26-27H,2,6,8-9H2,(H,23,28)/t13-,17?/m0/s1. The van der Waals surface area contributed by atoms with Gasteiger partial charge in [-0.3, -0.25) is 9.59 Å². The van der Waals surface area contributed by atoms with Crippen LogP contribution in [0.25, 0.3) is 0 Å². The number of piperazine rings is 1. The van der Waals surface area contributed by atoms with Crippen molar-refractivity contribution in [1.82, 2.24) is 15.1 Å². The van der Waals surface area contributed by atoms with E-state index in [4.69, 9.17) is 0 Å². The van der Waals surface area contributed by atoms with Crippen LogP contribution in [-0.2, 0) is 16.1 Å². The Labute approximate surface area is 165 Å². The Morgan fingerprint density at radius 1 is 1.31 bits per heavy atom. The van der Waals surface area contributed by atoms with Crippen LogP contribution in [0.1, 0.15) is 12.0 Å². The van der Waals surface area contributed by atoms with E-state index >= 15 is 0 Å². The van der Waals surface area contributed by atoms with Crippen molar-refractivity contribution in [2.45, 2.75) is 25.1 Å². The maximum absolute atomic E-state index is 13.8. The molecule has 3 heterocycles. The van der Waals surface area contributed by atoms with Crippen LogP contribution < -0.4 is 5.32 Å². The molecular weight excluding hydrogens is 384 g/mol. The Bertz CT molecular complexity index is 972. The molecule has 0 saturated carbocycles. The molecular formula is C20H19F2N3O4. The maximum Gasteiger partial charge on any atom is 0.274 e. The molecule has 0 spiro atoms. The fourth-order valence-corrected chi connectivity index (χ4v) is 3.68. The number of carbonyl (C=O) groups excluding carboxylic acids is 2. The van der Waals surface area contributed by atoms with Gasteiger partial charge >= 0.3 is 0 Å². The molecule has 1 fully saturated rings. The first-order valence-electron chi connectivity index (χ1n) is 9.16. The molecule has 7 nitrogen and oxygen atoms in total. The van der Waals surface area contributed by atoms with Gasteiger partial charge in [0.2, 0.25) is 0 Å². The second-order valence-electron chi connectivity index (χ2n) is 7.08. The normalized spacial score (nSPS) is 23.6. The average molecular weight is 403 g/mol.